The number of thiocarbonyl (C=S) groups is 1. The predicted octanol–water partition coefficient (Wildman–Crippen LogP) is 14.0. The van der Waals surface area contributed by atoms with Crippen LogP contribution in [0.4, 0.5) is 29.3 Å². The van der Waals surface area contributed by atoms with Crippen molar-refractivity contribution in [1.82, 2.24) is 4.98 Å². The van der Waals surface area contributed by atoms with Gasteiger partial charge >= 0.3 is 11.8 Å². The number of carbonyl (C=O) groups excluding carboxylic acids is 3. The molecule has 76 heavy (non-hydrogen) atoms. The zero-order valence-corrected chi connectivity index (χ0v) is 43.2. The monoisotopic (exact) mass is 1170 g/mol. The molecule has 0 aliphatic rings. The molecule has 0 saturated heterocycles. The summed E-state index contributed by atoms with van der Waals surface area (Å²) in [5.74, 6) is -0.836. The topological polar surface area (TPSA) is 272 Å². The minimum atomic E-state index is -0.651. The predicted molar refractivity (Wildman–Crippen MR) is 279 cm³/mol. The number of benzene rings is 4. The van der Waals surface area contributed by atoms with Crippen molar-refractivity contribution >= 4 is 118 Å². The molecule has 4 aromatic carbocycles. The maximum atomic E-state index is 13.2. The normalized spacial score (nSPS) is 10.3. The summed E-state index contributed by atoms with van der Waals surface area (Å²) in [5.41, 5.74) is 6.94. The highest BCUT2D eigenvalue weighted by Gasteiger charge is 2.18. The molecule has 10 rings (SSSR count). The second-order valence-electron chi connectivity index (χ2n) is 14.8. The van der Waals surface area contributed by atoms with Gasteiger partial charge < -0.3 is 37.7 Å². The lowest BCUT2D eigenvalue weighted by molar-refractivity contribution is -0.402. The number of furan rings is 5. The van der Waals surface area contributed by atoms with Crippen molar-refractivity contribution in [3.63, 3.8) is 0 Å². The first-order chi connectivity index (χ1) is 36.1. The van der Waals surface area contributed by atoms with Crippen LogP contribution in [0.5, 0.6) is 11.5 Å². The number of fused-ring (bicyclic) bond motifs is 3. The number of rotatable bonds is 10. The summed E-state index contributed by atoms with van der Waals surface area (Å²) in [4.78, 5) is 55.7. The van der Waals surface area contributed by atoms with E-state index < -0.39 is 15.7 Å². The Balaban J connectivity index is 0.000000178. The first kappa shape index (κ1) is 58.4. The number of phenolic OH excluding ortho intramolecular Hbond substituents is 1. The second-order valence-corrected chi connectivity index (χ2v) is 17.0. The van der Waals surface area contributed by atoms with E-state index in [4.69, 9.17) is 40.1 Å². The van der Waals surface area contributed by atoms with Gasteiger partial charge in [-0.2, -0.15) is 0 Å². The Hall–Kier alpha value is -8.52. The fourth-order valence-corrected chi connectivity index (χ4v) is 6.94. The summed E-state index contributed by atoms with van der Waals surface area (Å²) in [5, 5.41) is 34.3. The Bertz CT molecular complexity index is 3670. The molecular formula is C50H36BrClF4N4O14S2. The average Bonchev–Trinajstić information content (AvgIpc) is 4.25. The minimum Gasteiger partial charge on any atom is -0.504 e. The van der Waals surface area contributed by atoms with E-state index >= 15 is 0 Å². The number of ketones is 3. The number of halogens is 6. The molecule has 0 fully saturated rings. The summed E-state index contributed by atoms with van der Waals surface area (Å²) in [6, 6.07) is 26.6. The summed E-state index contributed by atoms with van der Waals surface area (Å²) >= 11 is 13.8. The van der Waals surface area contributed by atoms with Gasteiger partial charge in [0.15, 0.2) is 51.1 Å². The van der Waals surface area contributed by atoms with Crippen LogP contribution in [-0.4, -0.2) is 60.6 Å². The zero-order valence-electron chi connectivity index (χ0n) is 39.2. The highest BCUT2D eigenvalue weighted by atomic mass is 79.9. The van der Waals surface area contributed by atoms with E-state index in [1.165, 1.54) is 105 Å². The molecule has 6 heterocycles. The highest BCUT2D eigenvalue weighted by molar-refractivity contribution is 9.09. The van der Waals surface area contributed by atoms with Crippen LogP contribution in [0.1, 0.15) is 40.7 Å². The van der Waals surface area contributed by atoms with Gasteiger partial charge in [0.25, 0.3) is 0 Å². The first-order valence-corrected chi connectivity index (χ1v) is 24.0. The Morgan fingerprint density at radius 2 is 1.18 bits per heavy atom. The largest absolute Gasteiger partial charge is 0.504 e. The number of nitrogens with zero attached hydrogens (tertiary/aromatic N) is 3. The third-order valence-corrected chi connectivity index (χ3v) is 11.2. The maximum absolute atomic E-state index is 13.2. The standard InChI is InChI=1S/C15H7FN2O4S.C10H6BrFO2.C10H7FO2.C7H7FO2.C5H4N2O3S.C3H5ClO/c16-9-2-1-8-5-13(21-12(8)6-9)10-7-23-15(17-10)11-3-4-14(22-11)18(19)20;11-5-8(13)10-3-6-1-2-7(12)4-9(6)14-10;1-6(12)9-4-7-2-3-8(11)5-10(7)13-9;1-10-7-3-2-5(8)4-6(7)9;6-5(11)3-1-2-4(10-3)7(8)9;1-3(5)2-4/h1-7H;1-4H,5H2;2-5H,1H3;2-4,9H,1H3;1-2H,(H2,6,11);2H2,1H3. The van der Waals surface area contributed by atoms with Crippen molar-refractivity contribution in [2.24, 2.45) is 5.73 Å². The van der Waals surface area contributed by atoms with E-state index in [0.717, 1.165) is 22.2 Å². The van der Waals surface area contributed by atoms with Crippen LogP contribution in [0.3, 0.4) is 0 Å². The highest BCUT2D eigenvalue weighted by Crippen LogP contribution is 2.34. The fourth-order valence-electron chi connectivity index (χ4n) is 5.78. The van der Waals surface area contributed by atoms with Crippen LogP contribution in [0.2, 0.25) is 0 Å². The minimum absolute atomic E-state index is 0.0121. The first-order valence-electron chi connectivity index (χ1n) is 21.1. The molecule has 0 bridgehead atoms. The molecule has 0 spiro atoms. The number of thiazole rings is 1. The van der Waals surface area contributed by atoms with Crippen LogP contribution in [-0.2, 0) is 4.79 Å². The van der Waals surface area contributed by atoms with Crippen molar-refractivity contribution in [2.75, 3.05) is 18.3 Å². The van der Waals surface area contributed by atoms with E-state index in [9.17, 15) is 52.2 Å². The average molecular weight is 1170 g/mol. The van der Waals surface area contributed by atoms with Crippen molar-refractivity contribution < 1.29 is 73.7 Å². The molecule has 0 saturated carbocycles. The summed E-state index contributed by atoms with van der Waals surface area (Å²) in [7, 11) is 1.41. The molecule has 0 amide bonds. The number of hydrogen-bond donors (Lipinski definition) is 2. The van der Waals surface area contributed by atoms with Crippen molar-refractivity contribution in [3.8, 4) is 33.7 Å². The molecule has 3 N–H and O–H groups in total. The number of hydrogen-bond acceptors (Lipinski definition) is 17. The van der Waals surface area contributed by atoms with E-state index in [2.05, 4.69) is 42.3 Å². The number of aromatic hydroxyl groups is 1. The van der Waals surface area contributed by atoms with Crippen LogP contribution in [0, 0.1) is 43.5 Å². The summed E-state index contributed by atoms with van der Waals surface area (Å²) in [6.45, 7) is 2.86. The zero-order chi connectivity index (χ0) is 55.8. The van der Waals surface area contributed by atoms with E-state index in [-0.39, 0.29) is 91.5 Å². The molecule has 0 aliphatic carbocycles. The van der Waals surface area contributed by atoms with Crippen molar-refractivity contribution in [2.45, 2.75) is 13.8 Å². The van der Waals surface area contributed by atoms with Gasteiger partial charge in [-0.1, -0.05) is 28.1 Å². The van der Waals surface area contributed by atoms with E-state index in [0.29, 0.717) is 39.0 Å². The van der Waals surface area contributed by atoms with Crippen molar-refractivity contribution in [3.05, 3.63) is 181 Å². The van der Waals surface area contributed by atoms with Gasteiger partial charge in [-0.15, -0.1) is 22.9 Å². The summed E-state index contributed by atoms with van der Waals surface area (Å²) < 4.78 is 81.3. The van der Waals surface area contributed by atoms with Gasteiger partial charge in [0.1, 0.15) is 66.3 Å². The molecule has 0 atom stereocenters. The van der Waals surface area contributed by atoms with Crippen LogP contribution < -0.4 is 10.5 Å². The number of ether oxygens (including phenoxy) is 1. The smallest absolute Gasteiger partial charge is 0.433 e. The Labute approximate surface area is 447 Å². The fraction of sp³-hybridized carbons (Fsp3) is 0.100. The van der Waals surface area contributed by atoms with Crippen molar-refractivity contribution in [1.29, 1.82) is 0 Å². The number of alkyl halides is 2. The third kappa shape index (κ3) is 16.5. The van der Waals surface area contributed by atoms with E-state index in [1.54, 1.807) is 41.8 Å². The maximum Gasteiger partial charge on any atom is 0.433 e. The second kappa shape index (κ2) is 27.1. The van der Waals surface area contributed by atoms with Gasteiger partial charge in [-0.3, -0.25) is 34.6 Å². The number of methoxy groups -OCH3 is 1. The number of phenols is 1. The van der Waals surface area contributed by atoms with Gasteiger partial charge in [-0.05, 0) is 85.8 Å². The molecule has 10 aromatic rings. The molecule has 0 unspecified atom stereocenters. The lowest BCUT2D eigenvalue weighted by Crippen LogP contribution is -2.07. The molecule has 0 aliphatic heterocycles. The van der Waals surface area contributed by atoms with Gasteiger partial charge in [-0.25, -0.2) is 22.5 Å². The SMILES string of the molecule is CC(=O)CCl.CC(=O)c1cc2ccc(F)cc2o1.COc1ccc(F)cc1O.NC(=S)c1ccc([N+](=O)[O-])o1.O=C(CBr)c1cc2ccc(F)cc2o1.O=[N+]([O-])c1ccc(-c2nc(-c3cc4ccc(F)cc4o3)cs2)o1. The van der Waals surface area contributed by atoms with Gasteiger partial charge in [0.05, 0.1) is 30.5 Å². The lowest BCUT2D eigenvalue weighted by atomic mass is 10.2. The number of Topliss-reactive ketones (excluding diaryl/α,β-unsaturated/α-hetero) is 3. The summed E-state index contributed by atoms with van der Waals surface area (Å²) in [6.07, 6.45) is 0. The number of nitrogens with two attached hydrogens (primary N) is 1. The van der Waals surface area contributed by atoms with Gasteiger partial charge in [0, 0.05) is 52.7 Å². The Morgan fingerprint density at radius 1 is 0.697 bits per heavy atom. The number of carbonyl (C=O) groups is 3. The lowest BCUT2D eigenvalue weighted by Gasteiger charge is -2.00. The number of nitro groups is 2. The molecule has 18 nitrogen and oxygen atoms in total. The van der Waals surface area contributed by atoms with Crippen LogP contribution in [0.15, 0.2) is 143 Å². The Morgan fingerprint density at radius 3 is 1.64 bits per heavy atom. The van der Waals surface area contributed by atoms with Crippen LogP contribution in [0.25, 0.3) is 55.1 Å². The molecule has 394 valence electrons. The van der Waals surface area contributed by atoms with Gasteiger partial charge in [0.2, 0.25) is 5.78 Å². The quantitative estimate of drug-likeness (QED) is 0.0322. The molecule has 0 radical (unpaired) electrons. The molecule has 6 aromatic heterocycles. The van der Waals surface area contributed by atoms with Crippen LogP contribution >= 0.6 is 51.1 Å². The Kier molecular flexibility index (Phi) is 20.8. The number of aromatic nitrogens is 1. The molecular weight excluding hydrogens is 1140 g/mol. The van der Waals surface area contributed by atoms with E-state index in [1.807, 2.05) is 0 Å². The third-order valence-electron chi connectivity index (χ3n) is 9.27. The molecule has 26 heteroatoms.